The van der Waals surface area contributed by atoms with Gasteiger partial charge in [0.2, 0.25) is 0 Å². The molecule has 0 spiro atoms. The Morgan fingerprint density at radius 2 is 2.11 bits per heavy atom. The molecular weight excluding hydrogens is 292 g/mol. The van der Waals surface area contributed by atoms with Crippen LogP contribution in [0.5, 0.6) is 0 Å². The second-order valence-corrected chi connectivity index (χ2v) is 6.36. The summed E-state index contributed by atoms with van der Waals surface area (Å²) < 4.78 is 0.922. The molecule has 1 N–H and O–H groups in total. The predicted molar refractivity (Wildman–Crippen MR) is 77.7 cm³/mol. The Kier molecular flexibility index (Phi) is 4.28. The molecule has 18 heavy (non-hydrogen) atoms. The average molecular weight is 313 g/mol. The molecule has 3 nitrogen and oxygen atoms in total. The van der Waals surface area contributed by atoms with Gasteiger partial charge in [-0.05, 0) is 40.3 Å². The van der Waals surface area contributed by atoms with Gasteiger partial charge in [0, 0.05) is 29.3 Å². The summed E-state index contributed by atoms with van der Waals surface area (Å²) in [6.45, 7) is 6.75. The van der Waals surface area contributed by atoms with Crippen LogP contribution in [-0.4, -0.2) is 23.2 Å². The molecular formula is C14H21BrN2O. The lowest BCUT2D eigenvalue weighted by Gasteiger charge is -2.40. The lowest BCUT2D eigenvalue weighted by atomic mass is 9.78. The van der Waals surface area contributed by atoms with E-state index in [2.05, 4.69) is 39.7 Å². The first kappa shape index (κ1) is 13.8. The maximum atomic E-state index is 9.43. The Balaban J connectivity index is 2.14. The molecule has 1 fully saturated rings. The van der Waals surface area contributed by atoms with E-state index in [1.807, 2.05) is 12.3 Å². The molecule has 2 heterocycles. The van der Waals surface area contributed by atoms with Gasteiger partial charge in [-0.15, -0.1) is 0 Å². The minimum atomic E-state index is 0.0450. The van der Waals surface area contributed by atoms with Crippen LogP contribution in [-0.2, 0) is 6.61 Å². The van der Waals surface area contributed by atoms with Crippen LogP contribution < -0.4 is 4.90 Å². The van der Waals surface area contributed by atoms with Gasteiger partial charge in [0.15, 0.2) is 0 Å². The second kappa shape index (κ2) is 5.57. The molecule has 1 saturated heterocycles. The number of pyridine rings is 1. The van der Waals surface area contributed by atoms with Gasteiger partial charge in [-0.1, -0.05) is 20.3 Å². The number of piperidine rings is 1. The molecule has 2 rings (SSSR count). The maximum absolute atomic E-state index is 9.43. The molecule has 0 atom stereocenters. The molecule has 0 saturated carbocycles. The van der Waals surface area contributed by atoms with E-state index in [9.17, 15) is 5.11 Å². The first-order valence-corrected chi connectivity index (χ1v) is 7.37. The zero-order chi connectivity index (χ0) is 13.2. The molecule has 100 valence electrons. The summed E-state index contributed by atoms with van der Waals surface area (Å²) in [5, 5.41) is 9.43. The molecule has 1 aromatic rings. The van der Waals surface area contributed by atoms with E-state index in [4.69, 9.17) is 0 Å². The van der Waals surface area contributed by atoms with Gasteiger partial charge in [0.05, 0.1) is 6.61 Å². The van der Waals surface area contributed by atoms with Gasteiger partial charge < -0.3 is 10.0 Å². The third-order valence-electron chi connectivity index (χ3n) is 4.20. The number of halogens is 1. The smallest absolute Gasteiger partial charge is 0.134 e. The molecule has 1 aliphatic rings. The van der Waals surface area contributed by atoms with Gasteiger partial charge >= 0.3 is 0 Å². The Morgan fingerprint density at radius 1 is 1.44 bits per heavy atom. The van der Waals surface area contributed by atoms with E-state index in [-0.39, 0.29) is 6.61 Å². The van der Waals surface area contributed by atoms with Crippen LogP contribution in [0.25, 0.3) is 0 Å². The van der Waals surface area contributed by atoms with Crippen molar-refractivity contribution < 1.29 is 5.11 Å². The van der Waals surface area contributed by atoms with Crippen molar-refractivity contribution in [1.29, 1.82) is 0 Å². The summed E-state index contributed by atoms with van der Waals surface area (Å²) in [6.07, 6.45) is 5.45. The first-order chi connectivity index (χ1) is 8.58. The van der Waals surface area contributed by atoms with Crippen LogP contribution in [0.2, 0.25) is 0 Å². The number of aliphatic hydroxyl groups excluding tert-OH is 1. The Labute approximate surface area is 117 Å². The van der Waals surface area contributed by atoms with Crippen molar-refractivity contribution in [2.45, 2.75) is 39.7 Å². The predicted octanol–water partition coefficient (Wildman–Crippen LogP) is 3.35. The largest absolute Gasteiger partial charge is 0.392 e. The summed E-state index contributed by atoms with van der Waals surface area (Å²) >= 11 is 3.40. The SMILES string of the molecule is CCC1(C)CCN(c2ncc(Br)cc2CO)CC1. The summed E-state index contributed by atoms with van der Waals surface area (Å²) in [5.41, 5.74) is 1.38. The lowest BCUT2D eigenvalue weighted by Crippen LogP contribution is -2.39. The number of anilines is 1. The van der Waals surface area contributed by atoms with Crippen molar-refractivity contribution in [3.05, 3.63) is 22.3 Å². The van der Waals surface area contributed by atoms with E-state index in [0.29, 0.717) is 5.41 Å². The highest BCUT2D eigenvalue weighted by Crippen LogP contribution is 2.36. The Bertz CT molecular complexity index is 414. The fraction of sp³-hybridized carbons (Fsp3) is 0.643. The number of hydrogen-bond acceptors (Lipinski definition) is 3. The topological polar surface area (TPSA) is 36.4 Å². The van der Waals surface area contributed by atoms with Crippen molar-refractivity contribution in [3.63, 3.8) is 0 Å². The molecule has 0 aromatic carbocycles. The van der Waals surface area contributed by atoms with Crippen molar-refractivity contribution in [3.8, 4) is 0 Å². The number of hydrogen-bond donors (Lipinski definition) is 1. The number of aromatic nitrogens is 1. The minimum Gasteiger partial charge on any atom is -0.392 e. The van der Waals surface area contributed by atoms with Crippen molar-refractivity contribution in [1.82, 2.24) is 4.98 Å². The molecule has 4 heteroatoms. The molecule has 0 bridgehead atoms. The van der Waals surface area contributed by atoms with Crippen LogP contribution >= 0.6 is 15.9 Å². The van der Waals surface area contributed by atoms with E-state index >= 15 is 0 Å². The maximum Gasteiger partial charge on any atom is 0.134 e. The first-order valence-electron chi connectivity index (χ1n) is 6.58. The quantitative estimate of drug-likeness (QED) is 0.929. The van der Waals surface area contributed by atoms with Crippen molar-refractivity contribution in [2.75, 3.05) is 18.0 Å². The Hall–Kier alpha value is -0.610. The molecule has 0 amide bonds. The van der Waals surface area contributed by atoms with Crippen LogP contribution in [0, 0.1) is 5.41 Å². The monoisotopic (exact) mass is 312 g/mol. The van der Waals surface area contributed by atoms with Gasteiger partial charge in [0.1, 0.15) is 5.82 Å². The van der Waals surface area contributed by atoms with Gasteiger partial charge in [0.25, 0.3) is 0 Å². The highest BCUT2D eigenvalue weighted by Gasteiger charge is 2.29. The third kappa shape index (κ3) is 2.86. The molecule has 1 aromatic heterocycles. The standard InChI is InChI=1S/C14H21BrN2O/c1-3-14(2)4-6-17(7-5-14)13-11(10-18)8-12(15)9-16-13/h8-9,18H,3-7,10H2,1-2H3. The summed E-state index contributed by atoms with van der Waals surface area (Å²) in [6, 6.07) is 1.95. The van der Waals surface area contributed by atoms with E-state index in [1.54, 1.807) is 0 Å². The zero-order valence-electron chi connectivity index (χ0n) is 11.1. The van der Waals surface area contributed by atoms with Crippen molar-refractivity contribution in [2.24, 2.45) is 5.41 Å². The van der Waals surface area contributed by atoms with E-state index in [0.717, 1.165) is 28.9 Å². The second-order valence-electron chi connectivity index (χ2n) is 5.45. The highest BCUT2D eigenvalue weighted by molar-refractivity contribution is 9.10. The van der Waals surface area contributed by atoms with Gasteiger partial charge in [-0.25, -0.2) is 4.98 Å². The van der Waals surface area contributed by atoms with E-state index in [1.165, 1.54) is 19.3 Å². The molecule has 0 unspecified atom stereocenters. The normalized spacial score (nSPS) is 19.0. The van der Waals surface area contributed by atoms with Gasteiger partial charge in [-0.2, -0.15) is 0 Å². The highest BCUT2D eigenvalue weighted by atomic mass is 79.9. The van der Waals surface area contributed by atoms with Crippen molar-refractivity contribution >= 4 is 21.7 Å². The molecule has 1 aliphatic heterocycles. The fourth-order valence-corrected chi connectivity index (χ4v) is 2.87. The van der Waals surface area contributed by atoms with E-state index < -0.39 is 0 Å². The fourth-order valence-electron chi connectivity index (χ4n) is 2.49. The van der Waals surface area contributed by atoms with Crippen LogP contribution in [0.15, 0.2) is 16.7 Å². The zero-order valence-corrected chi connectivity index (χ0v) is 12.7. The van der Waals surface area contributed by atoms with Crippen LogP contribution in [0.1, 0.15) is 38.7 Å². The summed E-state index contributed by atoms with van der Waals surface area (Å²) in [4.78, 5) is 6.77. The minimum absolute atomic E-state index is 0.0450. The number of rotatable bonds is 3. The molecule has 0 radical (unpaired) electrons. The summed E-state index contributed by atoms with van der Waals surface area (Å²) in [5.74, 6) is 0.943. The third-order valence-corrected chi connectivity index (χ3v) is 4.64. The number of nitrogens with zero attached hydrogens (tertiary/aromatic N) is 2. The number of aliphatic hydroxyl groups is 1. The van der Waals surface area contributed by atoms with Crippen LogP contribution in [0.3, 0.4) is 0 Å². The molecule has 0 aliphatic carbocycles. The van der Waals surface area contributed by atoms with Gasteiger partial charge in [-0.3, -0.25) is 0 Å². The van der Waals surface area contributed by atoms with Crippen LogP contribution in [0.4, 0.5) is 5.82 Å². The average Bonchev–Trinajstić information content (AvgIpc) is 2.40. The lowest BCUT2D eigenvalue weighted by molar-refractivity contribution is 0.236. The summed E-state index contributed by atoms with van der Waals surface area (Å²) in [7, 11) is 0. The Morgan fingerprint density at radius 3 is 2.67 bits per heavy atom.